The number of fused-ring (bicyclic) bond motifs is 1. The number of carbonyl (C=O) groups is 11. The summed E-state index contributed by atoms with van der Waals surface area (Å²) in [7, 11) is 0. The lowest BCUT2D eigenvalue weighted by atomic mass is 9.99. The molecule has 0 unspecified atom stereocenters. The number of rotatable bonds is 42. The lowest BCUT2D eigenvalue weighted by Crippen LogP contribution is -2.62. The highest BCUT2D eigenvalue weighted by Gasteiger charge is 2.41. The summed E-state index contributed by atoms with van der Waals surface area (Å²) < 4.78 is 0.847. The molecule has 622 valence electrons. The fourth-order valence-electron chi connectivity index (χ4n) is 13.2. The van der Waals surface area contributed by atoms with Crippen molar-refractivity contribution in [3.05, 3.63) is 170 Å². The topological polar surface area (TPSA) is 530 Å². The lowest BCUT2D eigenvalue weighted by molar-refractivity contribution is -0.142. The van der Waals surface area contributed by atoms with E-state index in [0.29, 0.717) is 64.5 Å². The Kier molecular flexibility index (Phi) is 32.9. The first-order chi connectivity index (χ1) is 55.9. The van der Waals surface area contributed by atoms with Gasteiger partial charge in [-0.15, -0.1) is 10.2 Å². The van der Waals surface area contributed by atoms with Gasteiger partial charge in [0, 0.05) is 84.0 Å². The number of aromatic amines is 2. The largest absolute Gasteiger partial charge is 0.394 e. The summed E-state index contributed by atoms with van der Waals surface area (Å²) in [4.78, 5) is 173. The number of nitrogen functional groups attached to an aromatic ring is 2. The molecule has 1 saturated heterocycles. The van der Waals surface area contributed by atoms with Crippen molar-refractivity contribution in [2.75, 3.05) is 41.8 Å². The van der Waals surface area contributed by atoms with Crippen molar-refractivity contribution in [2.45, 2.75) is 179 Å². The summed E-state index contributed by atoms with van der Waals surface area (Å²) in [5.41, 5.74) is 20.6. The van der Waals surface area contributed by atoms with E-state index in [1.807, 2.05) is 64.1 Å². The minimum atomic E-state index is -1.86. The number of hydrogen-bond acceptors (Lipinski definition) is 22. The molecule has 5 aromatic carbocycles. The van der Waals surface area contributed by atoms with Gasteiger partial charge < -0.3 is 91.0 Å². The number of carbonyl (C=O) groups excluding carboxylic acids is 11. The van der Waals surface area contributed by atoms with Crippen LogP contribution in [0.3, 0.4) is 0 Å². The number of halogens is 2. The first-order valence-electron chi connectivity index (χ1n) is 38.5. The van der Waals surface area contributed by atoms with Gasteiger partial charge in [0.1, 0.15) is 60.4 Å². The van der Waals surface area contributed by atoms with Crippen LogP contribution in [0.25, 0.3) is 10.8 Å². The van der Waals surface area contributed by atoms with Gasteiger partial charge in [-0.25, -0.2) is 10.2 Å². The molecule has 117 heavy (non-hydrogen) atoms. The molecule has 0 saturated carbocycles. The lowest BCUT2D eigenvalue weighted by Gasteiger charge is -2.31. The van der Waals surface area contributed by atoms with Gasteiger partial charge in [-0.05, 0) is 162 Å². The molecule has 1 aliphatic heterocycles. The van der Waals surface area contributed by atoms with E-state index in [4.69, 9.17) is 28.8 Å². The summed E-state index contributed by atoms with van der Waals surface area (Å²) in [6.07, 6.45) is 3.96. The molecule has 1 fully saturated rings. The van der Waals surface area contributed by atoms with Gasteiger partial charge in [-0.3, -0.25) is 57.7 Å². The van der Waals surface area contributed by atoms with E-state index >= 15 is 28.8 Å². The van der Waals surface area contributed by atoms with E-state index in [-0.39, 0.29) is 93.7 Å². The van der Waals surface area contributed by atoms with Gasteiger partial charge in [0.25, 0.3) is 0 Å². The number of amides is 11. The third-order valence-corrected chi connectivity index (χ3v) is 20.8. The number of primary amides is 1. The zero-order valence-corrected chi connectivity index (χ0v) is 68.6. The molecule has 3 aromatic heterocycles. The molecule has 0 radical (unpaired) electrons. The minimum Gasteiger partial charge on any atom is -0.394 e. The Morgan fingerprint density at radius 2 is 1.03 bits per heavy atom. The Morgan fingerprint density at radius 3 is 1.51 bits per heavy atom. The van der Waals surface area contributed by atoms with E-state index in [2.05, 4.69) is 122 Å². The van der Waals surface area contributed by atoms with Crippen LogP contribution in [0, 0.1) is 9.49 Å². The number of nitrogens with zero attached hydrogens (tertiary/aromatic N) is 6. The van der Waals surface area contributed by atoms with Crippen molar-refractivity contribution in [3.63, 3.8) is 0 Å². The van der Waals surface area contributed by atoms with E-state index < -0.39 is 132 Å². The van der Waals surface area contributed by atoms with Gasteiger partial charge in [0.2, 0.25) is 88.8 Å². The number of aromatic nitrogens is 7. The molecule has 37 heteroatoms. The van der Waals surface area contributed by atoms with Gasteiger partial charge in [0.05, 0.1) is 6.61 Å². The highest BCUT2D eigenvalue weighted by Crippen LogP contribution is 2.27. The Morgan fingerprint density at radius 1 is 0.556 bits per heavy atom. The molecule has 0 spiro atoms. The van der Waals surface area contributed by atoms with Crippen LogP contribution in [0.4, 0.5) is 35.2 Å². The quantitative estimate of drug-likeness (QED) is 0.0193. The Balaban J connectivity index is 1.01. The molecule has 0 bridgehead atoms. The maximum Gasteiger partial charge on any atom is 0.245 e. The van der Waals surface area contributed by atoms with Crippen LogP contribution >= 0.6 is 34.2 Å². The summed E-state index contributed by atoms with van der Waals surface area (Å²) in [6, 6.07) is 20.8. The third kappa shape index (κ3) is 27.1. The van der Waals surface area contributed by atoms with E-state index in [0.717, 1.165) is 19.9 Å². The smallest absolute Gasteiger partial charge is 0.245 e. The maximum absolute atomic E-state index is 15.5. The number of aliphatic hydroxyl groups excluding tert-OH is 1. The molecule has 21 N–H and O–H groups in total. The number of benzene rings is 5. The van der Waals surface area contributed by atoms with Crippen LogP contribution in [0.1, 0.15) is 108 Å². The van der Waals surface area contributed by atoms with Gasteiger partial charge >= 0.3 is 0 Å². The van der Waals surface area contributed by atoms with E-state index in [1.54, 1.807) is 84.9 Å². The summed E-state index contributed by atoms with van der Waals surface area (Å²) in [6.45, 7) is 10.0. The molecule has 11 amide bonds. The molecular formula is C80H101ClIN23O12. The molecule has 9 rings (SSSR count). The predicted molar refractivity (Wildman–Crippen MR) is 448 cm³/mol. The zero-order chi connectivity index (χ0) is 84.4. The number of likely N-dealkylation sites (tertiary alicyclic amines) is 1. The summed E-state index contributed by atoms with van der Waals surface area (Å²) in [5, 5.41) is 60.7. The van der Waals surface area contributed by atoms with Crippen LogP contribution in [0.15, 0.2) is 134 Å². The molecular weight excluding hydrogens is 1640 g/mol. The van der Waals surface area contributed by atoms with Crippen molar-refractivity contribution in [1.82, 2.24) is 93.4 Å². The minimum absolute atomic E-state index is 0.0157. The molecule has 1 aliphatic rings. The highest BCUT2D eigenvalue weighted by molar-refractivity contribution is 14.1. The van der Waals surface area contributed by atoms with Crippen LogP contribution in [-0.4, -0.2) is 196 Å². The van der Waals surface area contributed by atoms with Gasteiger partial charge in [0.15, 0.2) is 0 Å². The van der Waals surface area contributed by atoms with Gasteiger partial charge in [-0.1, -0.05) is 118 Å². The Labute approximate surface area is 694 Å². The van der Waals surface area contributed by atoms with Gasteiger partial charge in [-0.2, -0.15) is 9.97 Å². The second kappa shape index (κ2) is 43.2. The summed E-state index contributed by atoms with van der Waals surface area (Å²) >= 11 is 8.49. The van der Waals surface area contributed by atoms with Crippen LogP contribution in [0.2, 0.25) is 5.02 Å². The number of nitrogens with two attached hydrogens (primary N) is 3. The maximum atomic E-state index is 15.5. The molecule has 35 nitrogen and oxygen atoms in total. The molecule has 4 heterocycles. The fraction of sp³-hybridized carbons (Fsp3) is 0.400. The van der Waals surface area contributed by atoms with Crippen LogP contribution in [-0.2, 0) is 84.8 Å². The number of anilines is 6. The number of nitrogens with one attached hydrogen (secondary N) is 14. The second-order valence-electron chi connectivity index (χ2n) is 29.4. The van der Waals surface area contributed by atoms with Crippen molar-refractivity contribution in [2.24, 2.45) is 11.7 Å². The monoisotopic (exact) mass is 1740 g/mol. The van der Waals surface area contributed by atoms with Crippen LogP contribution < -0.4 is 81.0 Å². The summed E-state index contributed by atoms with van der Waals surface area (Å²) in [5.74, 6) is -8.61. The highest BCUT2D eigenvalue weighted by atomic mass is 127. The third-order valence-electron chi connectivity index (χ3n) is 19.3. The second-order valence-corrected chi connectivity index (χ2v) is 30.9. The van der Waals surface area contributed by atoms with Crippen LogP contribution in [0.5, 0.6) is 0 Å². The Hall–Kier alpha value is -11.9. The number of H-pyrrole nitrogens is 2. The average molecular weight is 1740 g/mol. The average Bonchev–Trinajstić information content (AvgIpc) is 0.823. The Bertz CT molecular complexity index is 4750. The fourth-order valence-corrected chi connectivity index (χ4v) is 14.2. The zero-order valence-electron chi connectivity index (χ0n) is 65.6. The van der Waals surface area contributed by atoms with Crippen molar-refractivity contribution < 1.29 is 57.8 Å². The standard InChI is InChI=1S/C80H101ClIN23O12/c1-43(2)35-58(68(109)92-57(16-9-10-33-87-44(3)4)76(117)105-34-12-17-65(105)75(116)88-45(5)67(83)108)93-69(110)60(37-48-20-28-54(29-21-48)90-79-99-77(84)101-103-79)94-71(112)61(38-49-22-30-55(31-23-49)91-80-100-78(85)102-104-80)97-74(115)64(42-106)98-72(113)62(39-50-13-11-32-86-41-50)96-70(111)59(36-47-18-26-53(81)27-19-47)95-73(114)63(89-46(6)107)40-52-25-24-51-14-7-8-15-56(51)66(52)82/h7-8,11,13-15,18-32,41,43-45,57-65,87,106H,9-10,12,16-17,33-40,42H2,1-6H3,(H2,83,108)(H,88,116)(H,89,107)(H,92,109)(H,93,110)(H,94,112)(H,95,114)(H,96,111)(H,97,115)(H,98,113)(H4,84,90,99,101,103)(H4,85,91,100,102,104)/t45-,57+,58+,59-,60-,61+,62-,63-,64+,65+/m1/s1. The molecule has 0 aliphatic carbocycles. The van der Waals surface area contributed by atoms with Crippen molar-refractivity contribution in [3.8, 4) is 0 Å². The SMILES string of the molecule is CC(=O)N[C@H](Cc1ccc2ccccc2c1I)C(=O)N[C@H](Cc1ccc(Cl)cc1)C(=O)N[C@H](Cc1cccnc1)C(=O)N[C@@H](CO)C(=O)N[C@@H](Cc1ccc(Nc2nc(N)n[nH]2)cc1)C(=O)N[C@H](Cc1ccc(Nc2nc(N)n[nH]2)cc1)C(=O)N[C@@H](CC(C)C)C(=O)N[C@@H](CCCCNC(C)C)C(=O)N1CCC[C@H]1C(=O)N[C@H](C)C(N)=O. The number of pyridine rings is 1. The van der Waals surface area contributed by atoms with Crippen molar-refractivity contribution >= 4 is 145 Å². The van der Waals surface area contributed by atoms with E-state index in [9.17, 15) is 29.1 Å². The normalized spacial score (nSPS) is 14.9. The number of unbranched alkanes of at least 4 members (excludes halogenated alkanes) is 1. The predicted octanol–water partition coefficient (Wildman–Crippen LogP) is 2.98. The first-order valence-corrected chi connectivity index (χ1v) is 39.9. The number of hydrogen-bond donors (Lipinski definition) is 18. The molecule has 10 atom stereocenters. The van der Waals surface area contributed by atoms with Crippen molar-refractivity contribution in [1.29, 1.82) is 0 Å². The first kappa shape index (κ1) is 89.0. The molecule has 8 aromatic rings. The van der Waals surface area contributed by atoms with E-state index in [1.165, 1.54) is 31.1 Å². The number of aliphatic hydroxyl groups is 1.